The molecule has 2 aromatic rings. The SMILES string of the molecule is OC1COc2c3ccccc3nn2C1. The molecule has 0 bridgehead atoms. The summed E-state index contributed by atoms with van der Waals surface area (Å²) in [5.74, 6) is 0.769. The Morgan fingerprint density at radius 2 is 2.29 bits per heavy atom. The molecule has 1 N–H and O–H groups in total. The number of benzene rings is 1. The summed E-state index contributed by atoms with van der Waals surface area (Å²) in [6.07, 6.45) is -0.447. The molecular weight excluding hydrogens is 180 g/mol. The molecule has 72 valence electrons. The summed E-state index contributed by atoms with van der Waals surface area (Å²) in [7, 11) is 0. The maximum Gasteiger partial charge on any atom is 0.220 e. The number of aromatic nitrogens is 2. The molecule has 2 heterocycles. The predicted molar refractivity (Wildman–Crippen MR) is 51.2 cm³/mol. The van der Waals surface area contributed by atoms with Crippen LogP contribution in [0, 0.1) is 0 Å². The van der Waals surface area contributed by atoms with Crippen molar-refractivity contribution in [1.82, 2.24) is 9.78 Å². The van der Waals surface area contributed by atoms with Gasteiger partial charge in [0.15, 0.2) is 0 Å². The molecule has 0 radical (unpaired) electrons. The van der Waals surface area contributed by atoms with E-state index in [4.69, 9.17) is 4.74 Å². The molecule has 4 heteroatoms. The van der Waals surface area contributed by atoms with Gasteiger partial charge in [0.25, 0.3) is 0 Å². The number of rotatable bonds is 0. The second-order valence-corrected chi connectivity index (χ2v) is 3.47. The standard InChI is InChI=1S/C10H10N2O2/c13-7-5-12-10(14-6-7)8-3-1-2-4-9(8)11-12/h1-4,7,13H,5-6H2. The van der Waals surface area contributed by atoms with E-state index in [2.05, 4.69) is 5.10 Å². The van der Waals surface area contributed by atoms with E-state index in [1.54, 1.807) is 4.68 Å². The van der Waals surface area contributed by atoms with Gasteiger partial charge in [0.2, 0.25) is 5.88 Å². The third kappa shape index (κ3) is 1.01. The molecule has 1 unspecified atom stereocenters. The summed E-state index contributed by atoms with van der Waals surface area (Å²) in [5, 5.41) is 14.7. The van der Waals surface area contributed by atoms with Crippen LogP contribution in [0.3, 0.4) is 0 Å². The van der Waals surface area contributed by atoms with E-state index in [1.807, 2.05) is 24.3 Å². The monoisotopic (exact) mass is 190 g/mol. The van der Waals surface area contributed by atoms with Crippen molar-refractivity contribution in [1.29, 1.82) is 0 Å². The maximum absolute atomic E-state index is 9.40. The molecule has 1 aromatic heterocycles. The van der Waals surface area contributed by atoms with Crippen LogP contribution >= 0.6 is 0 Å². The zero-order valence-corrected chi connectivity index (χ0v) is 7.55. The first kappa shape index (κ1) is 7.82. The molecule has 0 aliphatic carbocycles. The Morgan fingerprint density at radius 3 is 3.21 bits per heavy atom. The zero-order chi connectivity index (χ0) is 9.54. The topological polar surface area (TPSA) is 47.3 Å². The molecule has 3 rings (SSSR count). The van der Waals surface area contributed by atoms with Gasteiger partial charge in [-0.1, -0.05) is 12.1 Å². The molecule has 1 aliphatic heterocycles. The van der Waals surface area contributed by atoms with Crippen LogP contribution in [0.25, 0.3) is 10.9 Å². The summed E-state index contributed by atoms with van der Waals surface area (Å²) in [5.41, 5.74) is 0.914. The third-order valence-corrected chi connectivity index (χ3v) is 2.39. The first-order valence-electron chi connectivity index (χ1n) is 4.61. The number of nitrogens with zero attached hydrogens (tertiary/aromatic N) is 2. The Morgan fingerprint density at radius 1 is 1.43 bits per heavy atom. The Labute approximate surface area is 80.7 Å². The van der Waals surface area contributed by atoms with Crippen LogP contribution in [-0.2, 0) is 6.54 Å². The highest BCUT2D eigenvalue weighted by Crippen LogP contribution is 2.27. The summed E-state index contributed by atoms with van der Waals surface area (Å²) < 4.78 is 7.16. The fourth-order valence-corrected chi connectivity index (χ4v) is 1.76. The normalized spacial score (nSPS) is 20.5. The molecule has 0 saturated carbocycles. The molecule has 1 aliphatic rings. The van der Waals surface area contributed by atoms with Gasteiger partial charge in [-0.15, -0.1) is 0 Å². The number of fused-ring (bicyclic) bond motifs is 3. The molecule has 14 heavy (non-hydrogen) atoms. The lowest BCUT2D eigenvalue weighted by molar-refractivity contribution is 0.0569. The van der Waals surface area contributed by atoms with Crippen LogP contribution in [0.4, 0.5) is 0 Å². The Bertz CT molecular complexity index is 478. The van der Waals surface area contributed by atoms with Crippen molar-refractivity contribution in [2.75, 3.05) is 6.61 Å². The number of aliphatic hydroxyl groups is 1. The molecule has 1 aromatic carbocycles. The minimum atomic E-state index is -0.447. The number of ether oxygens (including phenoxy) is 1. The van der Waals surface area contributed by atoms with Gasteiger partial charge in [0.05, 0.1) is 17.4 Å². The van der Waals surface area contributed by atoms with E-state index < -0.39 is 6.10 Å². The van der Waals surface area contributed by atoms with Crippen LogP contribution in [0.5, 0.6) is 5.88 Å². The van der Waals surface area contributed by atoms with Crippen LogP contribution in [-0.4, -0.2) is 27.6 Å². The Kier molecular flexibility index (Phi) is 1.52. The van der Waals surface area contributed by atoms with Gasteiger partial charge in [0, 0.05) is 0 Å². The maximum atomic E-state index is 9.40. The first-order valence-corrected chi connectivity index (χ1v) is 4.61. The lowest BCUT2D eigenvalue weighted by Crippen LogP contribution is -2.29. The van der Waals surface area contributed by atoms with Gasteiger partial charge in [-0.05, 0) is 12.1 Å². The van der Waals surface area contributed by atoms with Gasteiger partial charge in [-0.3, -0.25) is 0 Å². The average Bonchev–Trinajstić information content (AvgIpc) is 2.54. The molecule has 4 nitrogen and oxygen atoms in total. The van der Waals surface area contributed by atoms with Crippen molar-refractivity contribution >= 4 is 10.9 Å². The lowest BCUT2D eigenvalue weighted by Gasteiger charge is -2.19. The van der Waals surface area contributed by atoms with Crippen molar-refractivity contribution < 1.29 is 9.84 Å². The van der Waals surface area contributed by atoms with Crippen molar-refractivity contribution in [3.63, 3.8) is 0 Å². The van der Waals surface area contributed by atoms with Crippen molar-refractivity contribution in [3.05, 3.63) is 24.3 Å². The molecular formula is C10H10N2O2. The molecule has 0 saturated heterocycles. The smallest absolute Gasteiger partial charge is 0.220 e. The quantitative estimate of drug-likeness (QED) is 0.668. The van der Waals surface area contributed by atoms with E-state index in [9.17, 15) is 5.11 Å². The van der Waals surface area contributed by atoms with Crippen LogP contribution < -0.4 is 4.74 Å². The predicted octanol–water partition coefficient (Wildman–Crippen LogP) is 0.790. The van der Waals surface area contributed by atoms with Crippen molar-refractivity contribution in [3.8, 4) is 5.88 Å². The van der Waals surface area contributed by atoms with E-state index in [0.29, 0.717) is 13.2 Å². The first-order chi connectivity index (χ1) is 6.84. The van der Waals surface area contributed by atoms with Gasteiger partial charge >= 0.3 is 0 Å². The summed E-state index contributed by atoms with van der Waals surface area (Å²) in [6, 6.07) is 7.82. The van der Waals surface area contributed by atoms with Gasteiger partial charge in [-0.25, -0.2) is 4.68 Å². The fraction of sp³-hybridized carbons (Fsp3) is 0.300. The number of aliphatic hydroxyl groups excluding tert-OH is 1. The second-order valence-electron chi connectivity index (χ2n) is 3.47. The number of hydrogen-bond acceptors (Lipinski definition) is 3. The Hall–Kier alpha value is -1.55. The molecule has 1 atom stereocenters. The minimum Gasteiger partial charge on any atom is -0.475 e. The molecule has 0 amide bonds. The highest BCUT2D eigenvalue weighted by molar-refractivity contribution is 5.84. The highest BCUT2D eigenvalue weighted by atomic mass is 16.5. The van der Waals surface area contributed by atoms with E-state index in [-0.39, 0.29) is 0 Å². The molecule has 0 fully saturated rings. The fourth-order valence-electron chi connectivity index (χ4n) is 1.76. The zero-order valence-electron chi connectivity index (χ0n) is 7.55. The van der Waals surface area contributed by atoms with Gasteiger partial charge in [0.1, 0.15) is 12.7 Å². The average molecular weight is 190 g/mol. The second kappa shape index (κ2) is 2.72. The minimum absolute atomic E-state index is 0.357. The summed E-state index contributed by atoms with van der Waals surface area (Å²) in [4.78, 5) is 0. The van der Waals surface area contributed by atoms with Crippen LogP contribution in [0.2, 0.25) is 0 Å². The van der Waals surface area contributed by atoms with Gasteiger partial charge in [-0.2, -0.15) is 5.10 Å². The summed E-state index contributed by atoms with van der Waals surface area (Å²) >= 11 is 0. The van der Waals surface area contributed by atoms with Gasteiger partial charge < -0.3 is 9.84 Å². The summed E-state index contributed by atoms with van der Waals surface area (Å²) in [6.45, 7) is 0.875. The Balaban J connectivity index is 2.24. The van der Waals surface area contributed by atoms with Crippen LogP contribution in [0.15, 0.2) is 24.3 Å². The molecule has 0 spiro atoms. The van der Waals surface area contributed by atoms with E-state index >= 15 is 0 Å². The third-order valence-electron chi connectivity index (χ3n) is 2.39. The van der Waals surface area contributed by atoms with Crippen molar-refractivity contribution in [2.45, 2.75) is 12.6 Å². The van der Waals surface area contributed by atoms with Crippen LogP contribution in [0.1, 0.15) is 0 Å². The number of hydrogen-bond donors (Lipinski definition) is 1. The lowest BCUT2D eigenvalue weighted by atomic mass is 10.2. The van der Waals surface area contributed by atoms with E-state index in [0.717, 1.165) is 16.8 Å². The van der Waals surface area contributed by atoms with Crippen molar-refractivity contribution in [2.24, 2.45) is 0 Å². The largest absolute Gasteiger partial charge is 0.475 e. The van der Waals surface area contributed by atoms with E-state index in [1.165, 1.54) is 0 Å². The highest BCUT2D eigenvalue weighted by Gasteiger charge is 2.20.